The molecule has 1 rings (SSSR count). The molecule has 1 atom stereocenters. The Balaban J connectivity index is 2.54. The number of hydrogen-bond acceptors (Lipinski definition) is 4. The topological polar surface area (TPSA) is 108 Å². The minimum Gasteiger partial charge on any atom is -0.480 e. The number of aliphatic carboxylic acids is 1. The van der Waals surface area contributed by atoms with Crippen molar-refractivity contribution >= 4 is 11.9 Å². The summed E-state index contributed by atoms with van der Waals surface area (Å²) in [5, 5.41) is 17.2. The molecule has 1 aromatic rings. The standard InChI is InChI=1S/C9H14N4O3/c1-2-3-4-6(9(15)16)12-8(14)7-10-5-11-13-7/h5-6H,2-4H2,1H3,(H,12,14)(H,15,16)(H,10,11,13). The van der Waals surface area contributed by atoms with Gasteiger partial charge in [-0.05, 0) is 6.42 Å². The van der Waals surface area contributed by atoms with E-state index in [9.17, 15) is 9.59 Å². The van der Waals surface area contributed by atoms with Gasteiger partial charge in [0.15, 0.2) is 0 Å². The summed E-state index contributed by atoms with van der Waals surface area (Å²) in [7, 11) is 0. The number of nitrogens with zero attached hydrogens (tertiary/aromatic N) is 2. The van der Waals surface area contributed by atoms with Gasteiger partial charge in [-0.15, -0.1) is 0 Å². The van der Waals surface area contributed by atoms with Crippen molar-refractivity contribution in [3.8, 4) is 0 Å². The van der Waals surface area contributed by atoms with E-state index in [1.54, 1.807) is 0 Å². The molecule has 0 radical (unpaired) electrons. The molecule has 1 aromatic heterocycles. The van der Waals surface area contributed by atoms with Gasteiger partial charge in [-0.1, -0.05) is 19.8 Å². The van der Waals surface area contributed by atoms with Crippen LogP contribution in [0.2, 0.25) is 0 Å². The van der Waals surface area contributed by atoms with Gasteiger partial charge < -0.3 is 10.4 Å². The zero-order valence-electron chi connectivity index (χ0n) is 8.93. The van der Waals surface area contributed by atoms with Crippen molar-refractivity contribution in [2.24, 2.45) is 0 Å². The number of rotatable bonds is 6. The number of carbonyl (C=O) groups excluding carboxylic acids is 1. The largest absolute Gasteiger partial charge is 0.480 e. The molecule has 88 valence electrons. The first-order valence-electron chi connectivity index (χ1n) is 5.04. The number of amides is 1. The van der Waals surface area contributed by atoms with Gasteiger partial charge in [-0.3, -0.25) is 9.89 Å². The summed E-state index contributed by atoms with van der Waals surface area (Å²) in [6.45, 7) is 1.96. The Morgan fingerprint density at radius 2 is 2.38 bits per heavy atom. The van der Waals surface area contributed by atoms with E-state index in [1.807, 2.05) is 6.92 Å². The quantitative estimate of drug-likeness (QED) is 0.641. The Morgan fingerprint density at radius 1 is 1.62 bits per heavy atom. The van der Waals surface area contributed by atoms with Crippen LogP contribution >= 0.6 is 0 Å². The van der Waals surface area contributed by atoms with E-state index in [-0.39, 0.29) is 5.82 Å². The predicted octanol–water partition coefficient (Wildman–Crippen LogP) is 0.178. The highest BCUT2D eigenvalue weighted by atomic mass is 16.4. The zero-order chi connectivity index (χ0) is 12.0. The van der Waals surface area contributed by atoms with Crippen LogP contribution in [0.15, 0.2) is 6.33 Å². The summed E-state index contributed by atoms with van der Waals surface area (Å²) in [6.07, 6.45) is 3.22. The number of nitrogens with one attached hydrogen (secondary N) is 2. The molecule has 7 heteroatoms. The zero-order valence-corrected chi connectivity index (χ0v) is 8.93. The van der Waals surface area contributed by atoms with E-state index in [0.717, 1.165) is 12.8 Å². The lowest BCUT2D eigenvalue weighted by molar-refractivity contribution is -0.139. The minimum absolute atomic E-state index is 0.0164. The van der Waals surface area contributed by atoms with Crippen LogP contribution in [0, 0.1) is 0 Å². The Kier molecular flexibility index (Phi) is 4.43. The van der Waals surface area contributed by atoms with Crippen LogP contribution in [0.25, 0.3) is 0 Å². The fourth-order valence-electron chi connectivity index (χ4n) is 1.21. The molecule has 7 nitrogen and oxygen atoms in total. The van der Waals surface area contributed by atoms with Gasteiger partial charge in [0.1, 0.15) is 12.4 Å². The number of carboxylic acids is 1. The average molecular weight is 226 g/mol. The van der Waals surface area contributed by atoms with Gasteiger partial charge in [0.05, 0.1) is 0 Å². The van der Waals surface area contributed by atoms with Crippen LogP contribution in [0.5, 0.6) is 0 Å². The van der Waals surface area contributed by atoms with Crippen LogP contribution in [-0.4, -0.2) is 38.2 Å². The Morgan fingerprint density at radius 3 is 2.88 bits per heavy atom. The molecule has 1 unspecified atom stereocenters. The lowest BCUT2D eigenvalue weighted by atomic mass is 10.1. The number of carbonyl (C=O) groups is 2. The number of hydrogen-bond donors (Lipinski definition) is 3. The monoisotopic (exact) mass is 226 g/mol. The highest BCUT2D eigenvalue weighted by Crippen LogP contribution is 2.01. The number of unbranched alkanes of at least 4 members (excludes halogenated alkanes) is 1. The van der Waals surface area contributed by atoms with Crippen molar-refractivity contribution in [2.75, 3.05) is 0 Å². The van der Waals surface area contributed by atoms with Crippen LogP contribution < -0.4 is 5.32 Å². The van der Waals surface area contributed by atoms with Crippen molar-refractivity contribution in [2.45, 2.75) is 32.2 Å². The average Bonchev–Trinajstić information content (AvgIpc) is 2.76. The molecule has 0 aliphatic heterocycles. The summed E-state index contributed by atoms with van der Waals surface area (Å²) < 4.78 is 0. The van der Waals surface area contributed by atoms with Crippen LogP contribution in [0.1, 0.15) is 36.8 Å². The maximum absolute atomic E-state index is 11.5. The maximum atomic E-state index is 11.5. The van der Waals surface area contributed by atoms with E-state index in [1.165, 1.54) is 6.33 Å². The molecule has 0 saturated heterocycles. The molecule has 1 heterocycles. The number of aromatic nitrogens is 3. The normalized spacial score (nSPS) is 12.1. The summed E-state index contributed by atoms with van der Waals surface area (Å²) >= 11 is 0. The maximum Gasteiger partial charge on any atom is 0.326 e. The smallest absolute Gasteiger partial charge is 0.326 e. The van der Waals surface area contributed by atoms with E-state index in [4.69, 9.17) is 5.11 Å². The van der Waals surface area contributed by atoms with Gasteiger partial charge >= 0.3 is 5.97 Å². The second kappa shape index (κ2) is 5.84. The van der Waals surface area contributed by atoms with E-state index >= 15 is 0 Å². The first-order chi connectivity index (χ1) is 7.65. The molecule has 0 aliphatic carbocycles. The summed E-state index contributed by atoms with van der Waals surface area (Å²) in [4.78, 5) is 26.0. The number of aromatic amines is 1. The number of carboxylic acid groups (broad SMARTS) is 1. The third kappa shape index (κ3) is 3.34. The van der Waals surface area contributed by atoms with Gasteiger partial charge in [-0.25, -0.2) is 9.78 Å². The molecule has 0 bridgehead atoms. The second-order valence-electron chi connectivity index (χ2n) is 3.34. The molecule has 0 fully saturated rings. The van der Waals surface area contributed by atoms with Gasteiger partial charge in [0, 0.05) is 0 Å². The fraction of sp³-hybridized carbons (Fsp3) is 0.556. The lowest BCUT2D eigenvalue weighted by Crippen LogP contribution is -2.41. The third-order valence-corrected chi connectivity index (χ3v) is 2.08. The van der Waals surface area contributed by atoms with Gasteiger partial charge in [0.2, 0.25) is 5.82 Å². The summed E-state index contributed by atoms with van der Waals surface area (Å²) in [5.41, 5.74) is 0. The van der Waals surface area contributed by atoms with E-state index < -0.39 is 17.9 Å². The Hall–Kier alpha value is -1.92. The first kappa shape index (κ1) is 12.2. The minimum atomic E-state index is -1.04. The predicted molar refractivity (Wildman–Crippen MR) is 54.8 cm³/mol. The molecular weight excluding hydrogens is 212 g/mol. The molecule has 0 saturated carbocycles. The second-order valence-corrected chi connectivity index (χ2v) is 3.34. The van der Waals surface area contributed by atoms with Gasteiger partial charge in [0.25, 0.3) is 5.91 Å². The van der Waals surface area contributed by atoms with Crippen molar-refractivity contribution in [3.05, 3.63) is 12.2 Å². The summed E-state index contributed by atoms with van der Waals surface area (Å²) in [5.74, 6) is -1.58. The van der Waals surface area contributed by atoms with E-state index in [2.05, 4.69) is 20.5 Å². The van der Waals surface area contributed by atoms with E-state index in [0.29, 0.717) is 6.42 Å². The Labute approximate surface area is 92.3 Å². The first-order valence-corrected chi connectivity index (χ1v) is 5.04. The molecule has 0 spiro atoms. The third-order valence-electron chi connectivity index (χ3n) is 2.08. The highest BCUT2D eigenvalue weighted by molar-refractivity contribution is 5.93. The lowest BCUT2D eigenvalue weighted by Gasteiger charge is -2.12. The van der Waals surface area contributed by atoms with Crippen LogP contribution in [-0.2, 0) is 4.79 Å². The van der Waals surface area contributed by atoms with Gasteiger partial charge in [-0.2, -0.15) is 5.10 Å². The molecular formula is C9H14N4O3. The molecule has 3 N–H and O–H groups in total. The highest BCUT2D eigenvalue weighted by Gasteiger charge is 2.20. The molecule has 0 aromatic carbocycles. The summed E-state index contributed by atoms with van der Waals surface area (Å²) in [6, 6.07) is -0.877. The van der Waals surface area contributed by atoms with Crippen molar-refractivity contribution in [1.82, 2.24) is 20.5 Å². The number of H-pyrrole nitrogens is 1. The molecule has 16 heavy (non-hydrogen) atoms. The van der Waals surface area contributed by atoms with Crippen molar-refractivity contribution in [3.63, 3.8) is 0 Å². The van der Waals surface area contributed by atoms with Crippen LogP contribution in [0.4, 0.5) is 0 Å². The molecule has 1 amide bonds. The molecule has 0 aliphatic rings. The SMILES string of the molecule is CCCCC(NC(=O)c1ncn[nH]1)C(=O)O. The van der Waals surface area contributed by atoms with Crippen molar-refractivity contribution < 1.29 is 14.7 Å². The van der Waals surface area contributed by atoms with Crippen LogP contribution in [0.3, 0.4) is 0 Å². The Bertz CT molecular complexity index is 350. The van der Waals surface area contributed by atoms with Crippen molar-refractivity contribution in [1.29, 1.82) is 0 Å². The fourth-order valence-corrected chi connectivity index (χ4v) is 1.21.